The van der Waals surface area contributed by atoms with E-state index in [9.17, 15) is 9.59 Å². The molecule has 0 saturated carbocycles. The third kappa shape index (κ3) is 3.89. The highest BCUT2D eigenvalue weighted by Crippen LogP contribution is 2.31. The van der Waals surface area contributed by atoms with Crippen molar-refractivity contribution in [2.75, 3.05) is 16.8 Å². The van der Waals surface area contributed by atoms with Gasteiger partial charge in [0.05, 0.1) is 5.92 Å². The maximum absolute atomic E-state index is 13.1. The van der Waals surface area contributed by atoms with Gasteiger partial charge < -0.3 is 14.8 Å². The molecule has 1 unspecified atom stereocenters. The Morgan fingerprint density at radius 2 is 1.85 bits per heavy atom. The Balaban J connectivity index is 1.17. The lowest BCUT2D eigenvalue weighted by Crippen LogP contribution is -2.28. The minimum absolute atomic E-state index is 0.0120. The van der Waals surface area contributed by atoms with E-state index in [1.165, 1.54) is 24.0 Å². The van der Waals surface area contributed by atoms with Gasteiger partial charge in [0.2, 0.25) is 11.8 Å². The summed E-state index contributed by atoms with van der Waals surface area (Å²) in [6, 6.07) is 14.1. The molecule has 3 aliphatic rings. The van der Waals surface area contributed by atoms with Crippen LogP contribution >= 0.6 is 0 Å². The standard InChI is InChI=1S/C27H29N5O2/c33-25-16-21(17-32(25)23-12-11-18-6-4-7-19(18)15-23)27(34)28-22-9-5-8-20(14-22)26-30-29-24-10-2-1-3-13-31(24)26/h5,8-9,11-12,14-15,21H,1-4,6-7,10,13,16-17H2,(H,28,34). The minimum atomic E-state index is -0.367. The van der Waals surface area contributed by atoms with Gasteiger partial charge in [-0.1, -0.05) is 24.6 Å². The summed E-state index contributed by atoms with van der Waals surface area (Å²) in [6.45, 7) is 1.35. The molecule has 1 atom stereocenters. The predicted octanol–water partition coefficient (Wildman–Crippen LogP) is 4.15. The van der Waals surface area contributed by atoms with Crippen molar-refractivity contribution in [3.8, 4) is 11.4 Å². The van der Waals surface area contributed by atoms with Gasteiger partial charge in [0.25, 0.3) is 0 Å². The van der Waals surface area contributed by atoms with E-state index in [0.717, 1.165) is 67.2 Å². The highest BCUT2D eigenvalue weighted by Gasteiger charge is 2.35. The topological polar surface area (TPSA) is 80.1 Å². The molecule has 7 heteroatoms. The molecular formula is C27H29N5O2. The minimum Gasteiger partial charge on any atom is -0.326 e. The maximum Gasteiger partial charge on any atom is 0.229 e. The van der Waals surface area contributed by atoms with Crippen LogP contribution in [-0.4, -0.2) is 33.1 Å². The molecule has 3 aromatic rings. The second kappa shape index (κ2) is 8.70. The van der Waals surface area contributed by atoms with Gasteiger partial charge in [0.15, 0.2) is 5.82 Å². The first kappa shape index (κ1) is 21.1. The molecule has 174 valence electrons. The lowest BCUT2D eigenvalue weighted by molar-refractivity contribution is -0.122. The van der Waals surface area contributed by atoms with Gasteiger partial charge in [-0.2, -0.15) is 0 Å². The molecule has 0 radical (unpaired) electrons. The molecule has 6 rings (SSSR count). The summed E-state index contributed by atoms with van der Waals surface area (Å²) in [5.41, 5.74) is 5.29. The predicted molar refractivity (Wildman–Crippen MR) is 131 cm³/mol. The molecule has 0 spiro atoms. The zero-order valence-corrected chi connectivity index (χ0v) is 19.3. The molecule has 2 amide bonds. The molecule has 2 aromatic carbocycles. The number of fused-ring (bicyclic) bond motifs is 2. The van der Waals surface area contributed by atoms with Crippen molar-refractivity contribution in [3.63, 3.8) is 0 Å². The van der Waals surface area contributed by atoms with Crippen LogP contribution in [0.2, 0.25) is 0 Å². The first-order chi connectivity index (χ1) is 16.7. The first-order valence-corrected chi connectivity index (χ1v) is 12.4. The molecule has 0 bridgehead atoms. The van der Waals surface area contributed by atoms with Crippen LogP contribution < -0.4 is 10.2 Å². The zero-order chi connectivity index (χ0) is 23.1. The van der Waals surface area contributed by atoms with Crippen molar-refractivity contribution in [2.24, 2.45) is 5.92 Å². The van der Waals surface area contributed by atoms with Gasteiger partial charge in [-0.3, -0.25) is 9.59 Å². The Kier molecular flexibility index (Phi) is 5.40. The van der Waals surface area contributed by atoms with Gasteiger partial charge >= 0.3 is 0 Å². The summed E-state index contributed by atoms with van der Waals surface area (Å²) in [4.78, 5) is 27.6. The van der Waals surface area contributed by atoms with Crippen molar-refractivity contribution in [3.05, 3.63) is 59.4 Å². The monoisotopic (exact) mass is 455 g/mol. The average Bonchev–Trinajstić information content (AvgIpc) is 3.53. The van der Waals surface area contributed by atoms with E-state index in [2.05, 4.69) is 32.2 Å². The summed E-state index contributed by atoms with van der Waals surface area (Å²) in [7, 11) is 0. The molecule has 1 aliphatic carbocycles. The van der Waals surface area contributed by atoms with E-state index in [1.54, 1.807) is 4.90 Å². The molecule has 1 saturated heterocycles. The number of nitrogens with one attached hydrogen (secondary N) is 1. The number of amides is 2. The fourth-order valence-electron chi connectivity index (χ4n) is 5.54. The Hall–Kier alpha value is -3.48. The molecule has 1 fully saturated rings. The summed E-state index contributed by atoms with van der Waals surface area (Å²) >= 11 is 0. The van der Waals surface area contributed by atoms with E-state index in [0.29, 0.717) is 6.54 Å². The van der Waals surface area contributed by atoms with Crippen LogP contribution in [0.4, 0.5) is 11.4 Å². The fraction of sp³-hybridized carbons (Fsp3) is 0.407. The summed E-state index contributed by atoms with van der Waals surface area (Å²) in [5, 5.41) is 11.9. The SMILES string of the molecule is O=C(Nc1cccc(-c2nnc3n2CCCCC3)c1)C1CC(=O)N(c2ccc3c(c2)CCC3)C1. The number of nitrogens with zero attached hydrogens (tertiary/aromatic N) is 4. The van der Waals surface area contributed by atoms with Crippen LogP contribution in [0.5, 0.6) is 0 Å². The van der Waals surface area contributed by atoms with Gasteiger partial charge in [0, 0.05) is 42.9 Å². The largest absolute Gasteiger partial charge is 0.326 e. The Morgan fingerprint density at radius 3 is 2.79 bits per heavy atom. The van der Waals surface area contributed by atoms with Crippen LogP contribution in [0.25, 0.3) is 11.4 Å². The van der Waals surface area contributed by atoms with E-state index >= 15 is 0 Å². The quantitative estimate of drug-likeness (QED) is 0.641. The first-order valence-electron chi connectivity index (χ1n) is 12.4. The third-order valence-electron chi connectivity index (χ3n) is 7.39. The molecule has 34 heavy (non-hydrogen) atoms. The van der Waals surface area contributed by atoms with Crippen molar-refractivity contribution >= 4 is 23.2 Å². The van der Waals surface area contributed by atoms with Crippen LogP contribution in [0.15, 0.2) is 42.5 Å². The Bertz CT molecular complexity index is 1260. The molecule has 3 heterocycles. The number of rotatable bonds is 4. The number of carbonyl (C=O) groups excluding carboxylic acids is 2. The zero-order valence-electron chi connectivity index (χ0n) is 19.3. The van der Waals surface area contributed by atoms with Crippen molar-refractivity contribution in [1.29, 1.82) is 0 Å². The van der Waals surface area contributed by atoms with E-state index in [4.69, 9.17) is 0 Å². The fourth-order valence-corrected chi connectivity index (χ4v) is 5.54. The second-order valence-corrected chi connectivity index (χ2v) is 9.68. The van der Waals surface area contributed by atoms with Crippen molar-refractivity contribution in [2.45, 2.75) is 57.9 Å². The molecule has 7 nitrogen and oxygen atoms in total. The van der Waals surface area contributed by atoms with E-state index in [1.807, 2.05) is 30.3 Å². The number of hydrogen-bond donors (Lipinski definition) is 1. The van der Waals surface area contributed by atoms with E-state index < -0.39 is 0 Å². The Morgan fingerprint density at radius 1 is 0.941 bits per heavy atom. The second-order valence-electron chi connectivity index (χ2n) is 9.68. The molecule has 1 N–H and O–H groups in total. The number of aromatic nitrogens is 3. The summed E-state index contributed by atoms with van der Waals surface area (Å²) in [6.07, 6.45) is 8.05. The number of carbonyl (C=O) groups is 2. The molecular weight excluding hydrogens is 426 g/mol. The van der Waals surface area contributed by atoms with Crippen LogP contribution in [0.3, 0.4) is 0 Å². The summed E-state index contributed by atoms with van der Waals surface area (Å²) in [5.74, 6) is 1.42. The Labute approximate surface area is 199 Å². The number of hydrogen-bond acceptors (Lipinski definition) is 4. The van der Waals surface area contributed by atoms with Crippen molar-refractivity contribution in [1.82, 2.24) is 14.8 Å². The van der Waals surface area contributed by atoms with Crippen LogP contribution in [0, 0.1) is 5.92 Å². The lowest BCUT2D eigenvalue weighted by Gasteiger charge is -2.18. The lowest BCUT2D eigenvalue weighted by atomic mass is 10.1. The third-order valence-corrected chi connectivity index (χ3v) is 7.39. The average molecular weight is 456 g/mol. The van der Waals surface area contributed by atoms with Gasteiger partial charge in [0.1, 0.15) is 5.82 Å². The van der Waals surface area contributed by atoms with E-state index in [-0.39, 0.29) is 24.2 Å². The normalized spacial score (nSPS) is 19.6. The van der Waals surface area contributed by atoms with Crippen LogP contribution in [-0.2, 0) is 35.4 Å². The molecule has 2 aliphatic heterocycles. The highest BCUT2D eigenvalue weighted by atomic mass is 16.2. The number of anilines is 2. The summed E-state index contributed by atoms with van der Waals surface area (Å²) < 4.78 is 2.21. The molecule has 1 aromatic heterocycles. The smallest absolute Gasteiger partial charge is 0.229 e. The number of benzene rings is 2. The van der Waals surface area contributed by atoms with Crippen molar-refractivity contribution < 1.29 is 9.59 Å². The highest BCUT2D eigenvalue weighted by molar-refractivity contribution is 6.03. The maximum atomic E-state index is 13.1. The number of aryl methyl sites for hydroxylation is 3. The van der Waals surface area contributed by atoms with Gasteiger partial charge in [-0.05, 0) is 67.5 Å². The van der Waals surface area contributed by atoms with Crippen LogP contribution in [0.1, 0.15) is 49.1 Å². The van der Waals surface area contributed by atoms with Gasteiger partial charge in [-0.15, -0.1) is 10.2 Å². The van der Waals surface area contributed by atoms with Gasteiger partial charge in [-0.25, -0.2) is 0 Å².